The van der Waals surface area contributed by atoms with Gasteiger partial charge < -0.3 is 19.7 Å². The maximum Gasteiger partial charge on any atom is 0.342 e. The van der Waals surface area contributed by atoms with Gasteiger partial charge in [0.2, 0.25) is 5.60 Å². The van der Waals surface area contributed by atoms with E-state index in [-0.39, 0.29) is 12.6 Å². The van der Waals surface area contributed by atoms with Gasteiger partial charge in [-0.05, 0) is 24.8 Å². The van der Waals surface area contributed by atoms with Gasteiger partial charge in [0.1, 0.15) is 12.7 Å². The van der Waals surface area contributed by atoms with Crippen molar-refractivity contribution < 1.29 is 29.3 Å². The molecule has 0 spiro atoms. The molecule has 24 heavy (non-hydrogen) atoms. The molecule has 0 radical (unpaired) electrons. The Morgan fingerprint density at radius 1 is 1.42 bits per heavy atom. The van der Waals surface area contributed by atoms with Crippen molar-refractivity contribution in [3.63, 3.8) is 0 Å². The summed E-state index contributed by atoms with van der Waals surface area (Å²) in [5.41, 5.74) is -1.07. The minimum absolute atomic E-state index is 0.0128. The summed E-state index contributed by atoms with van der Waals surface area (Å²) in [6.45, 7) is 7.59. The molecular weight excluding hydrogens is 314 g/mol. The van der Waals surface area contributed by atoms with Gasteiger partial charge in [-0.1, -0.05) is 19.9 Å². The van der Waals surface area contributed by atoms with Crippen LogP contribution < -0.4 is 0 Å². The Balaban J connectivity index is 2.02. The zero-order chi connectivity index (χ0) is 18.1. The number of esters is 2. The van der Waals surface area contributed by atoms with E-state index in [0.29, 0.717) is 6.42 Å². The lowest BCUT2D eigenvalue weighted by Crippen LogP contribution is -2.55. The summed E-state index contributed by atoms with van der Waals surface area (Å²) in [6, 6.07) is -0.115. The second-order valence-electron chi connectivity index (χ2n) is 6.88. The summed E-state index contributed by atoms with van der Waals surface area (Å²) in [5, 5.41) is 20.8. The molecule has 7 heteroatoms. The van der Waals surface area contributed by atoms with Gasteiger partial charge >= 0.3 is 11.9 Å². The van der Waals surface area contributed by atoms with Crippen LogP contribution in [0.4, 0.5) is 0 Å². The van der Waals surface area contributed by atoms with E-state index < -0.39 is 35.7 Å². The van der Waals surface area contributed by atoms with Gasteiger partial charge in [-0.25, -0.2) is 4.79 Å². The Bertz CT molecular complexity index is 531. The van der Waals surface area contributed by atoms with E-state index in [4.69, 9.17) is 9.47 Å². The molecule has 136 valence electrons. The average Bonchev–Trinajstić information content (AvgIpc) is 3.06. The number of nitrogens with zero attached hydrogens (tertiary/aromatic N) is 1. The van der Waals surface area contributed by atoms with Crippen LogP contribution in [0.5, 0.6) is 0 Å². The number of fused-ring (bicyclic) bond motifs is 1. The molecule has 0 amide bonds. The third kappa shape index (κ3) is 3.48. The largest absolute Gasteiger partial charge is 0.459 e. The molecule has 0 saturated carbocycles. The summed E-state index contributed by atoms with van der Waals surface area (Å²) >= 11 is 0. The number of aliphatic hydroxyl groups excluding tert-OH is 1. The lowest BCUT2D eigenvalue weighted by Gasteiger charge is -2.34. The molecule has 0 aromatic carbocycles. The fourth-order valence-corrected chi connectivity index (χ4v) is 3.50. The van der Waals surface area contributed by atoms with Crippen molar-refractivity contribution >= 4 is 11.9 Å². The summed E-state index contributed by atoms with van der Waals surface area (Å²) in [5.74, 6) is -1.89. The summed E-state index contributed by atoms with van der Waals surface area (Å²) in [6.07, 6.45) is 1.18. The molecule has 1 saturated heterocycles. The zero-order valence-electron chi connectivity index (χ0n) is 14.7. The molecule has 2 heterocycles. The Labute approximate surface area is 142 Å². The molecule has 0 aliphatic carbocycles. The molecular formula is C17H27NO6. The van der Waals surface area contributed by atoms with Crippen molar-refractivity contribution in [2.45, 2.75) is 58.0 Å². The fraction of sp³-hybridized carbons (Fsp3) is 0.765. The first-order valence-corrected chi connectivity index (χ1v) is 8.35. The Hall–Kier alpha value is -1.44. The fourth-order valence-electron chi connectivity index (χ4n) is 3.50. The highest BCUT2D eigenvalue weighted by Crippen LogP contribution is 2.30. The van der Waals surface area contributed by atoms with E-state index in [1.165, 1.54) is 13.8 Å². The highest BCUT2D eigenvalue weighted by Gasteiger charge is 2.48. The molecule has 2 aliphatic heterocycles. The predicted molar refractivity (Wildman–Crippen MR) is 86.0 cm³/mol. The van der Waals surface area contributed by atoms with Crippen molar-refractivity contribution in [2.24, 2.45) is 5.92 Å². The van der Waals surface area contributed by atoms with Crippen molar-refractivity contribution in [1.29, 1.82) is 0 Å². The molecule has 4 atom stereocenters. The summed E-state index contributed by atoms with van der Waals surface area (Å²) < 4.78 is 10.3. The highest BCUT2D eigenvalue weighted by molar-refractivity contribution is 5.81. The van der Waals surface area contributed by atoms with Gasteiger partial charge in [0.05, 0.1) is 12.1 Å². The third-order valence-electron chi connectivity index (χ3n) is 4.98. The lowest BCUT2D eigenvalue weighted by atomic mass is 9.85. The van der Waals surface area contributed by atoms with Gasteiger partial charge in [0.15, 0.2) is 0 Å². The second kappa shape index (κ2) is 7.21. The van der Waals surface area contributed by atoms with Gasteiger partial charge in [-0.15, -0.1) is 0 Å². The van der Waals surface area contributed by atoms with Gasteiger partial charge in [-0.3, -0.25) is 9.69 Å². The van der Waals surface area contributed by atoms with Gasteiger partial charge in [-0.2, -0.15) is 0 Å². The van der Waals surface area contributed by atoms with E-state index in [1.54, 1.807) is 13.8 Å². The molecule has 7 nitrogen and oxygen atoms in total. The highest BCUT2D eigenvalue weighted by atomic mass is 16.6. The van der Waals surface area contributed by atoms with E-state index in [2.05, 4.69) is 4.90 Å². The van der Waals surface area contributed by atoms with Crippen LogP contribution >= 0.6 is 0 Å². The Kier molecular flexibility index (Phi) is 5.67. The summed E-state index contributed by atoms with van der Waals surface area (Å²) in [4.78, 5) is 25.8. The zero-order valence-corrected chi connectivity index (χ0v) is 14.7. The standard InChI is InChI=1S/C17H27NO6/c1-10(2)17(22,11(3)24-12(4)19)16(21)23-9-13-5-7-18-8-6-14(20)15(13)18/h5,10-11,14-15,20,22H,6-9H2,1-4H3/t11-,14+,15+,17+/m0/s1. The minimum Gasteiger partial charge on any atom is -0.459 e. The summed E-state index contributed by atoms with van der Waals surface area (Å²) in [7, 11) is 0. The van der Waals surface area contributed by atoms with Crippen LogP contribution in [-0.4, -0.2) is 70.6 Å². The van der Waals surface area contributed by atoms with Crippen LogP contribution in [0.25, 0.3) is 0 Å². The molecule has 2 aliphatic rings. The van der Waals surface area contributed by atoms with Crippen LogP contribution in [0.3, 0.4) is 0 Å². The minimum atomic E-state index is -1.92. The number of hydrogen-bond acceptors (Lipinski definition) is 7. The number of carbonyl (C=O) groups is 2. The van der Waals surface area contributed by atoms with Crippen molar-refractivity contribution in [3.05, 3.63) is 11.6 Å². The maximum absolute atomic E-state index is 12.5. The third-order valence-corrected chi connectivity index (χ3v) is 4.98. The first-order chi connectivity index (χ1) is 11.2. The maximum atomic E-state index is 12.5. The van der Waals surface area contributed by atoms with Crippen LogP contribution in [0.1, 0.15) is 34.1 Å². The van der Waals surface area contributed by atoms with Gasteiger partial charge in [0.25, 0.3) is 0 Å². The lowest BCUT2D eigenvalue weighted by molar-refractivity contribution is -0.192. The number of ether oxygens (including phenoxy) is 2. The topological polar surface area (TPSA) is 96.3 Å². The van der Waals surface area contributed by atoms with E-state index >= 15 is 0 Å². The average molecular weight is 341 g/mol. The van der Waals surface area contributed by atoms with E-state index in [9.17, 15) is 19.8 Å². The predicted octanol–water partition coefficient (Wildman–Crippen LogP) is 0.244. The molecule has 0 aromatic heterocycles. The normalized spacial score (nSPS) is 27.4. The smallest absolute Gasteiger partial charge is 0.342 e. The molecule has 0 bridgehead atoms. The molecule has 1 fully saturated rings. The number of rotatable bonds is 6. The Morgan fingerprint density at radius 2 is 2.08 bits per heavy atom. The number of aliphatic hydroxyl groups is 2. The van der Waals surface area contributed by atoms with Crippen molar-refractivity contribution in [3.8, 4) is 0 Å². The number of carbonyl (C=O) groups excluding carboxylic acids is 2. The van der Waals surface area contributed by atoms with Crippen LogP contribution in [-0.2, 0) is 19.1 Å². The van der Waals surface area contributed by atoms with Gasteiger partial charge in [0, 0.05) is 20.0 Å². The van der Waals surface area contributed by atoms with Crippen molar-refractivity contribution in [1.82, 2.24) is 4.90 Å². The monoisotopic (exact) mass is 341 g/mol. The van der Waals surface area contributed by atoms with Crippen molar-refractivity contribution in [2.75, 3.05) is 19.7 Å². The van der Waals surface area contributed by atoms with E-state index in [0.717, 1.165) is 18.7 Å². The van der Waals surface area contributed by atoms with Crippen LogP contribution in [0, 0.1) is 5.92 Å². The van der Waals surface area contributed by atoms with Crippen LogP contribution in [0.2, 0.25) is 0 Å². The van der Waals surface area contributed by atoms with Crippen LogP contribution in [0.15, 0.2) is 11.6 Å². The molecule has 0 unspecified atom stereocenters. The SMILES string of the molecule is CC(=O)O[C@@H](C)[C@@](O)(C(=O)OCC1=CCN2CC[C@@H](O)[C@@H]12)C(C)C. The quantitative estimate of drug-likeness (QED) is 0.528. The Morgan fingerprint density at radius 3 is 2.67 bits per heavy atom. The molecule has 2 N–H and O–H groups in total. The molecule has 0 aromatic rings. The molecule has 2 rings (SSSR count). The first kappa shape index (κ1) is 18.9. The van der Waals surface area contributed by atoms with E-state index in [1.807, 2.05) is 6.08 Å². The second-order valence-corrected chi connectivity index (χ2v) is 6.88. The first-order valence-electron chi connectivity index (χ1n) is 8.35. The number of hydrogen-bond donors (Lipinski definition) is 2.